The zero-order valence-corrected chi connectivity index (χ0v) is 16.0. The van der Waals surface area contributed by atoms with Gasteiger partial charge in [0.1, 0.15) is 17.4 Å². The molecule has 0 spiro atoms. The van der Waals surface area contributed by atoms with Crippen LogP contribution in [0, 0.1) is 5.82 Å². The van der Waals surface area contributed by atoms with Gasteiger partial charge >= 0.3 is 0 Å². The van der Waals surface area contributed by atoms with E-state index in [1.807, 2.05) is 6.07 Å². The lowest BCUT2D eigenvalue weighted by molar-refractivity contribution is -0.117. The quantitative estimate of drug-likeness (QED) is 0.487. The molecule has 7 heteroatoms. The lowest BCUT2D eigenvalue weighted by Crippen LogP contribution is -2.31. The molecule has 5 rings (SSSR count). The smallest absolute Gasteiger partial charge is 0.294 e. The van der Waals surface area contributed by atoms with E-state index in [0.717, 1.165) is 5.39 Å². The Balaban J connectivity index is 1.65. The molecular weight excluding hydrogens is 399 g/mol. The van der Waals surface area contributed by atoms with Crippen LogP contribution in [0.5, 0.6) is 0 Å². The van der Waals surface area contributed by atoms with Crippen LogP contribution in [-0.4, -0.2) is 21.8 Å². The SMILES string of the molecule is O=C(C1=C(O)C(=O)N(c2ccc(F)cc2)C1c1ccccn1)c1cc2ccccc2o1. The Hall–Kier alpha value is -4.26. The number of rotatable bonds is 4. The van der Waals surface area contributed by atoms with E-state index in [0.29, 0.717) is 17.0 Å². The van der Waals surface area contributed by atoms with Crippen molar-refractivity contribution in [3.63, 3.8) is 0 Å². The number of benzene rings is 2. The number of furan rings is 1. The van der Waals surface area contributed by atoms with Gasteiger partial charge in [0.25, 0.3) is 5.91 Å². The highest BCUT2D eigenvalue weighted by atomic mass is 19.1. The number of para-hydroxylation sites is 1. The highest BCUT2D eigenvalue weighted by molar-refractivity contribution is 6.20. The normalized spacial score (nSPS) is 16.4. The van der Waals surface area contributed by atoms with Crippen LogP contribution in [0.4, 0.5) is 10.1 Å². The number of amides is 1. The second kappa shape index (κ2) is 7.21. The number of carbonyl (C=O) groups is 2. The zero-order valence-electron chi connectivity index (χ0n) is 16.0. The molecule has 1 unspecified atom stereocenters. The van der Waals surface area contributed by atoms with Crippen LogP contribution in [0.2, 0.25) is 0 Å². The Morgan fingerprint density at radius 1 is 1.03 bits per heavy atom. The number of hydrogen-bond acceptors (Lipinski definition) is 5. The summed E-state index contributed by atoms with van der Waals surface area (Å²) in [7, 11) is 0. The van der Waals surface area contributed by atoms with E-state index >= 15 is 0 Å². The molecule has 1 atom stereocenters. The summed E-state index contributed by atoms with van der Waals surface area (Å²) in [5.74, 6) is -2.56. The van der Waals surface area contributed by atoms with E-state index < -0.39 is 29.3 Å². The number of fused-ring (bicyclic) bond motifs is 1. The standard InChI is InChI=1S/C24H15FN2O4/c25-15-8-10-16(11-9-15)27-21(17-6-3-4-12-26-17)20(23(29)24(27)30)22(28)19-13-14-5-1-2-7-18(14)31-19/h1-13,21,29H. The minimum absolute atomic E-state index is 0.00237. The number of aliphatic hydroxyl groups is 1. The van der Waals surface area contributed by atoms with Gasteiger partial charge in [-0.2, -0.15) is 0 Å². The van der Waals surface area contributed by atoms with Gasteiger partial charge in [-0.05, 0) is 48.5 Å². The van der Waals surface area contributed by atoms with Crippen LogP contribution in [0.15, 0.2) is 94.7 Å². The van der Waals surface area contributed by atoms with E-state index in [9.17, 15) is 19.1 Å². The van der Waals surface area contributed by atoms with Crippen molar-refractivity contribution < 1.29 is 23.5 Å². The Morgan fingerprint density at radius 2 is 1.77 bits per heavy atom. The number of anilines is 1. The summed E-state index contributed by atoms with van der Waals surface area (Å²) in [6, 6.07) is 18.0. The van der Waals surface area contributed by atoms with Crippen molar-refractivity contribution in [2.24, 2.45) is 0 Å². The predicted molar refractivity (Wildman–Crippen MR) is 111 cm³/mol. The highest BCUT2D eigenvalue weighted by Crippen LogP contribution is 2.41. The lowest BCUT2D eigenvalue weighted by atomic mass is 9.98. The van der Waals surface area contributed by atoms with Crippen molar-refractivity contribution in [1.29, 1.82) is 0 Å². The fourth-order valence-corrected chi connectivity index (χ4v) is 3.75. The number of pyridine rings is 1. The Labute approximate surface area is 175 Å². The number of Topliss-reactive ketones (excluding diaryl/α,β-unsaturated/α-hetero) is 1. The van der Waals surface area contributed by atoms with Crippen LogP contribution in [0.25, 0.3) is 11.0 Å². The second-order valence-corrected chi connectivity index (χ2v) is 7.05. The van der Waals surface area contributed by atoms with Crippen LogP contribution < -0.4 is 4.90 Å². The predicted octanol–water partition coefficient (Wildman–Crippen LogP) is 4.75. The molecule has 3 heterocycles. The first-order valence-electron chi connectivity index (χ1n) is 9.51. The van der Waals surface area contributed by atoms with Crippen LogP contribution in [0.1, 0.15) is 22.3 Å². The van der Waals surface area contributed by atoms with Gasteiger partial charge in [0, 0.05) is 17.3 Å². The Kier molecular flexibility index (Phi) is 4.36. The largest absolute Gasteiger partial charge is 0.503 e. The maximum atomic E-state index is 13.5. The molecule has 0 saturated carbocycles. The van der Waals surface area contributed by atoms with Gasteiger partial charge in [-0.15, -0.1) is 0 Å². The van der Waals surface area contributed by atoms with E-state index in [1.54, 1.807) is 42.5 Å². The summed E-state index contributed by atoms with van der Waals surface area (Å²) < 4.78 is 19.1. The third kappa shape index (κ3) is 3.07. The van der Waals surface area contributed by atoms with Crippen molar-refractivity contribution >= 4 is 28.3 Å². The van der Waals surface area contributed by atoms with E-state index in [-0.39, 0.29) is 11.3 Å². The van der Waals surface area contributed by atoms with Crippen molar-refractivity contribution in [3.05, 3.63) is 108 Å². The molecule has 0 aliphatic carbocycles. The van der Waals surface area contributed by atoms with Crippen molar-refractivity contribution in [3.8, 4) is 0 Å². The average molecular weight is 414 g/mol. The molecule has 0 radical (unpaired) electrons. The minimum atomic E-state index is -1.00. The monoisotopic (exact) mass is 414 g/mol. The fraction of sp³-hybridized carbons (Fsp3) is 0.0417. The molecule has 2 aromatic heterocycles. The number of ketones is 1. The summed E-state index contributed by atoms with van der Waals surface area (Å²) >= 11 is 0. The molecule has 152 valence electrons. The Morgan fingerprint density at radius 3 is 2.48 bits per heavy atom. The van der Waals surface area contributed by atoms with E-state index in [4.69, 9.17) is 4.42 Å². The molecular formula is C24H15FN2O4. The molecule has 1 amide bonds. The minimum Gasteiger partial charge on any atom is -0.503 e. The third-order valence-electron chi connectivity index (χ3n) is 5.17. The number of halogens is 1. The number of carbonyl (C=O) groups excluding carboxylic acids is 2. The number of aromatic nitrogens is 1. The molecule has 31 heavy (non-hydrogen) atoms. The number of nitrogens with zero attached hydrogens (tertiary/aromatic N) is 2. The van der Waals surface area contributed by atoms with Crippen molar-refractivity contribution in [1.82, 2.24) is 4.98 Å². The molecule has 1 aliphatic rings. The van der Waals surface area contributed by atoms with Crippen LogP contribution >= 0.6 is 0 Å². The van der Waals surface area contributed by atoms with Gasteiger partial charge in [0.2, 0.25) is 5.78 Å². The van der Waals surface area contributed by atoms with Crippen molar-refractivity contribution in [2.75, 3.05) is 4.90 Å². The van der Waals surface area contributed by atoms with E-state index in [2.05, 4.69) is 4.98 Å². The molecule has 0 saturated heterocycles. The summed E-state index contributed by atoms with van der Waals surface area (Å²) in [6.45, 7) is 0. The molecule has 1 N–H and O–H groups in total. The van der Waals surface area contributed by atoms with Gasteiger partial charge in [-0.1, -0.05) is 24.3 Å². The first-order chi connectivity index (χ1) is 15.0. The Bertz CT molecular complexity index is 1310. The molecule has 6 nitrogen and oxygen atoms in total. The first kappa shape index (κ1) is 18.7. The molecule has 1 aliphatic heterocycles. The molecule has 2 aromatic carbocycles. The van der Waals surface area contributed by atoms with Gasteiger partial charge in [0.05, 0.1) is 11.3 Å². The number of hydrogen-bond donors (Lipinski definition) is 1. The first-order valence-corrected chi connectivity index (χ1v) is 9.51. The van der Waals surface area contributed by atoms with Gasteiger partial charge in [-0.3, -0.25) is 19.5 Å². The highest BCUT2D eigenvalue weighted by Gasteiger charge is 2.46. The van der Waals surface area contributed by atoms with Crippen LogP contribution in [0.3, 0.4) is 0 Å². The number of aliphatic hydroxyl groups excluding tert-OH is 1. The zero-order chi connectivity index (χ0) is 21.5. The van der Waals surface area contributed by atoms with Gasteiger partial charge < -0.3 is 9.52 Å². The summed E-state index contributed by atoms with van der Waals surface area (Å²) in [6.07, 6.45) is 1.53. The van der Waals surface area contributed by atoms with Crippen LogP contribution in [-0.2, 0) is 4.79 Å². The summed E-state index contributed by atoms with van der Waals surface area (Å²) in [5, 5.41) is 11.4. The average Bonchev–Trinajstić information content (AvgIpc) is 3.34. The van der Waals surface area contributed by atoms with Gasteiger partial charge in [0.15, 0.2) is 11.5 Å². The lowest BCUT2D eigenvalue weighted by Gasteiger charge is -2.25. The van der Waals surface area contributed by atoms with Crippen molar-refractivity contribution in [2.45, 2.75) is 6.04 Å². The van der Waals surface area contributed by atoms with E-state index in [1.165, 1.54) is 35.4 Å². The topological polar surface area (TPSA) is 83.6 Å². The fourth-order valence-electron chi connectivity index (χ4n) is 3.75. The maximum Gasteiger partial charge on any atom is 0.294 e. The maximum absolute atomic E-state index is 13.5. The summed E-state index contributed by atoms with van der Waals surface area (Å²) in [4.78, 5) is 31.9. The molecule has 0 bridgehead atoms. The second-order valence-electron chi connectivity index (χ2n) is 7.05. The third-order valence-corrected chi connectivity index (χ3v) is 5.17. The molecule has 4 aromatic rings. The molecule has 0 fully saturated rings. The van der Waals surface area contributed by atoms with Gasteiger partial charge in [-0.25, -0.2) is 4.39 Å². The summed E-state index contributed by atoms with van der Waals surface area (Å²) in [5.41, 5.74) is 1.07.